The van der Waals surface area contributed by atoms with Crippen LogP contribution in [-0.2, 0) is 0 Å². The molecular formula is C19H18F2N2O2. The van der Waals surface area contributed by atoms with Crippen molar-refractivity contribution in [3.63, 3.8) is 0 Å². The third-order valence-electron chi connectivity index (χ3n) is 4.25. The summed E-state index contributed by atoms with van der Waals surface area (Å²) in [6.45, 7) is 1.02. The second-order valence-corrected chi connectivity index (χ2v) is 6.06. The fourth-order valence-corrected chi connectivity index (χ4v) is 2.95. The molecule has 0 saturated carbocycles. The Morgan fingerprint density at radius 3 is 2.48 bits per heavy atom. The van der Waals surface area contributed by atoms with E-state index in [-0.39, 0.29) is 17.5 Å². The molecule has 1 N–H and O–H groups in total. The normalized spacial score (nSPS) is 17.2. The molecule has 25 heavy (non-hydrogen) atoms. The van der Waals surface area contributed by atoms with Crippen molar-refractivity contribution in [1.82, 2.24) is 10.2 Å². The number of likely N-dealkylation sites (tertiary alicyclic amines) is 1. The molecule has 130 valence electrons. The van der Waals surface area contributed by atoms with E-state index in [4.69, 9.17) is 0 Å². The van der Waals surface area contributed by atoms with Gasteiger partial charge in [0.1, 0.15) is 0 Å². The Hall–Kier alpha value is -2.76. The molecule has 1 heterocycles. The number of amides is 2. The van der Waals surface area contributed by atoms with Crippen molar-refractivity contribution in [2.75, 3.05) is 13.1 Å². The van der Waals surface area contributed by atoms with Crippen LogP contribution >= 0.6 is 0 Å². The molecule has 2 aromatic rings. The quantitative estimate of drug-likeness (QED) is 0.931. The van der Waals surface area contributed by atoms with Crippen LogP contribution < -0.4 is 5.32 Å². The topological polar surface area (TPSA) is 49.4 Å². The van der Waals surface area contributed by atoms with E-state index in [2.05, 4.69) is 5.32 Å². The van der Waals surface area contributed by atoms with Gasteiger partial charge >= 0.3 is 0 Å². The predicted octanol–water partition coefficient (Wildman–Crippen LogP) is 3.00. The minimum atomic E-state index is -1.06. The van der Waals surface area contributed by atoms with Crippen LogP contribution in [0.2, 0.25) is 0 Å². The van der Waals surface area contributed by atoms with Gasteiger partial charge in [-0.2, -0.15) is 0 Å². The summed E-state index contributed by atoms with van der Waals surface area (Å²) in [6.07, 6.45) is 1.50. The first-order valence-electron chi connectivity index (χ1n) is 8.15. The molecule has 1 unspecified atom stereocenters. The van der Waals surface area contributed by atoms with E-state index in [1.54, 1.807) is 29.2 Å². The van der Waals surface area contributed by atoms with Crippen molar-refractivity contribution in [2.24, 2.45) is 0 Å². The van der Waals surface area contributed by atoms with Gasteiger partial charge < -0.3 is 10.2 Å². The predicted molar refractivity (Wildman–Crippen MR) is 89.2 cm³/mol. The fraction of sp³-hybridized carbons (Fsp3) is 0.263. The van der Waals surface area contributed by atoms with Crippen LogP contribution in [0.1, 0.15) is 33.6 Å². The molecule has 1 atom stereocenters. The van der Waals surface area contributed by atoms with Gasteiger partial charge in [0.2, 0.25) is 0 Å². The molecule has 0 aromatic heterocycles. The van der Waals surface area contributed by atoms with Gasteiger partial charge in [-0.3, -0.25) is 9.59 Å². The molecule has 4 nitrogen and oxygen atoms in total. The number of rotatable bonds is 3. The summed E-state index contributed by atoms with van der Waals surface area (Å²) in [4.78, 5) is 26.4. The van der Waals surface area contributed by atoms with Crippen molar-refractivity contribution in [3.8, 4) is 0 Å². The third kappa shape index (κ3) is 4.02. The van der Waals surface area contributed by atoms with E-state index in [0.29, 0.717) is 18.7 Å². The molecule has 2 amide bonds. The summed E-state index contributed by atoms with van der Waals surface area (Å²) in [6, 6.07) is 11.8. The first-order chi connectivity index (χ1) is 12.0. The number of hydrogen-bond acceptors (Lipinski definition) is 2. The molecule has 1 saturated heterocycles. The van der Waals surface area contributed by atoms with Gasteiger partial charge in [0.15, 0.2) is 11.6 Å². The molecule has 1 fully saturated rings. The maximum atomic E-state index is 13.3. The molecule has 1 aliphatic heterocycles. The first-order valence-corrected chi connectivity index (χ1v) is 8.15. The minimum Gasteiger partial charge on any atom is -0.348 e. The summed E-state index contributed by atoms with van der Waals surface area (Å²) in [7, 11) is 0. The van der Waals surface area contributed by atoms with Gasteiger partial charge in [0, 0.05) is 30.3 Å². The largest absolute Gasteiger partial charge is 0.348 e. The fourth-order valence-electron chi connectivity index (χ4n) is 2.95. The number of benzene rings is 2. The van der Waals surface area contributed by atoms with Crippen molar-refractivity contribution < 1.29 is 18.4 Å². The van der Waals surface area contributed by atoms with E-state index in [9.17, 15) is 18.4 Å². The second-order valence-electron chi connectivity index (χ2n) is 6.06. The average Bonchev–Trinajstić information content (AvgIpc) is 2.64. The summed E-state index contributed by atoms with van der Waals surface area (Å²) < 4.78 is 26.2. The summed E-state index contributed by atoms with van der Waals surface area (Å²) >= 11 is 0. The van der Waals surface area contributed by atoms with E-state index in [0.717, 1.165) is 25.0 Å². The van der Waals surface area contributed by atoms with E-state index in [1.807, 2.05) is 6.07 Å². The lowest BCUT2D eigenvalue weighted by atomic mass is 10.0. The highest BCUT2D eigenvalue weighted by Crippen LogP contribution is 2.15. The zero-order valence-electron chi connectivity index (χ0n) is 13.5. The smallest absolute Gasteiger partial charge is 0.253 e. The van der Waals surface area contributed by atoms with Crippen LogP contribution in [0.15, 0.2) is 48.5 Å². The number of nitrogens with zero attached hydrogens (tertiary/aromatic N) is 1. The van der Waals surface area contributed by atoms with Crippen LogP contribution in [-0.4, -0.2) is 35.8 Å². The van der Waals surface area contributed by atoms with Gasteiger partial charge in [0.25, 0.3) is 11.8 Å². The second kappa shape index (κ2) is 7.42. The number of carbonyl (C=O) groups is 2. The van der Waals surface area contributed by atoms with Gasteiger partial charge in [-0.05, 0) is 43.2 Å². The lowest BCUT2D eigenvalue weighted by Crippen LogP contribution is -2.49. The molecule has 3 rings (SSSR count). The summed E-state index contributed by atoms with van der Waals surface area (Å²) in [5, 5.41) is 2.80. The minimum absolute atomic E-state index is 0.0606. The van der Waals surface area contributed by atoms with E-state index >= 15 is 0 Å². The van der Waals surface area contributed by atoms with E-state index < -0.39 is 17.5 Å². The number of nitrogens with one attached hydrogen (secondary N) is 1. The maximum Gasteiger partial charge on any atom is 0.253 e. The Morgan fingerprint density at radius 2 is 1.76 bits per heavy atom. The molecule has 0 aliphatic carbocycles. The Kier molecular flexibility index (Phi) is 5.07. The van der Waals surface area contributed by atoms with Crippen molar-refractivity contribution in [3.05, 3.63) is 71.3 Å². The average molecular weight is 344 g/mol. The van der Waals surface area contributed by atoms with Crippen LogP contribution in [0, 0.1) is 11.6 Å². The van der Waals surface area contributed by atoms with E-state index in [1.165, 1.54) is 6.07 Å². The lowest BCUT2D eigenvalue weighted by molar-refractivity contribution is 0.0676. The maximum absolute atomic E-state index is 13.3. The van der Waals surface area contributed by atoms with Crippen molar-refractivity contribution >= 4 is 11.8 Å². The standard InChI is InChI=1S/C19H18F2N2O2/c20-16-9-8-14(11-17(16)21)18(24)22-15-7-4-10-23(12-15)19(25)13-5-2-1-3-6-13/h1-3,5-6,8-9,11,15H,4,7,10,12H2,(H,22,24). The van der Waals surface area contributed by atoms with Crippen molar-refractivity contribution in [1.29, 1.82) is 0 Å². The van der Waals surface area contributed by atoms with Gasteiger partial charge in [-0.1, -0.05) is 18.2 Å². The summed E-state index contributed by atoms with van der Waals surface area (Å²) in [5.41, 5.74) is 0.667. The monoisotopic (exact) mass is 344 g/mol. The molecule has 0 spiro atoms. The highest BCUT2D eigenvalue weighted by Gasteiger charge is 2.25. The Labute approximate surface area is 144 Å². The number of piperidine rings is 1. The first kappa shape index (κ1) is 17.1. The molecule has 6 heteroatoms. The third-order valence-corrected chi connectivity index (χ3v) is 4.25. The van der Waals surface area contributed by atoms with Gasteiger partial charge in [-0.15, -0.1) is 0 Å². The Bertz CT molecular complexity index is 780. The van der Waals surface area contributed by atoms with Gasteiger partial charge in [-0.25, -0.2) is 8.78 Å². The number of hydrogen-bond donors (Lipinski definition) is 1. The number of halogens is 2. The molecule has 0 bridgehead atoms. The molecule has 2 aromatic carbocycles. The lowest BCUT2D eigenvalue weighted by Gasteiger charge is -2.33. The highest BCUT2D eigenvalue weighted by atomic mass is 19.2. The van der Waals surface area contributed by atoms with Gasteiger partial charge in [0.05, 0.1) is 0 Å². The number of carbonyl (C=O) groups excluding carboxylic acids is 2. The Balaban J connectivity index is 1.64. The zero-order chi connectivity index (χ0) is 17.8. The zero-order valence-corrected chi connectivity index (χ0v) is 13.5. The molecular weight excluding hydrogens is 326 g/mol. The van der Waals surface area contributed by atoms with Crippen LogP contribution in [0.5, 0.6) is 0 Å². The van der Waals surface area contributed by atoms with Crippen LogP contribution in [0.4, 0.5) is 8.78 Å². The van der Waals surface area contributed by atoms with Crippen molar-refractivity contribution in [2.45, 2.75) is 18.9 Å². The molecule has 1 aliphatic rings. The summed E-state index contributed by atoms with van der Waals surface area (Å²) in [5.74, 6) is -2.60. The van der Waals surface area contributed by atoms with Crippen LogP contribution in [0.25, 0.3) is 0 Å². The SMILES string of the molecule is O=C(NC1CCCN(C(=O)c2ccccc2)C1)c1ccc(F)c(F)c1. The molecule has 0 radical (unpaired) electrons. The Morgan fingerprint density at radius 1 is 1.00 bits per heavy atom. The van der Waals surface area contributed by atoms with Crippen LogP contribution in [0.3, 0.4) is 0 Å². The highest BCUT2D eigenvalue weighted by molar-refractivity contribution is 5.95.